The largest absolute Gasteiger partial charge is 0.339 e. The Kier molecular flexibility index (Phi) is 5.82. The average Bonchev–Trinajstić information content (AvgIpc) is 2.94. The molecule has 1 N–H and O–H groups in total. The normalized spacial score (nSPS) is 22.8. The lowest BCUT2D eigenvalue weighted by Crippen LogP contribution is -2.56. The lowest BCUT2D eigenvalue weighted by molar-refractivity contribution is -0.133. The molecule has 2 saturated heterocycles. The highest BCUT2D eigenvalue weighted by atomic mass is 16.2. The van der Waals surface area contributed by atoms with Crippen LogP contribution in [0.4, 0.5) is 4.79 Å². The predicted molar refractivity (Wildman–Crippen MR) is 113 cm³/mol. The van der Waals surface area contributed by atoms with E-state index in [0.29, 0.717) is 32.4 Å². The summed E-state index contributed by atoms with van der Waals surface area (Å²) in [5.74, 6) is -0.102. The first kappa shape index (κ1) is 21.1. The number of urea groups is 1. The number of hydrogen-bond donors (Lipinski definition) is 1. The van der Waals surface area contributed by atoms with Crippen LogP contribution in [0.2, 0.25) is 0 Å². The zero-order chi connectivity index (χ0) is 21.3. The topological polar surface area (TPSA) is 69.7 Å². The van der Waals surface area contributed by atoms with Crippen LogP contribution in [0.15, 0.2) is 30.4 Å². The van der Waals surface area contributed by atoms with E-state index in [0.717, 1.165) is 22.3 Å². The Morgan fingerprint density at radius 2 is 1.90 bits per heavy atom. The summed E-state index contributed by atoms with van der Waals surface area (Å²) < 4.78 is 0. The van der Waals surface area contributed by atoms with Gasteiger partial charge in [-0.2, -0.15) is 0 Å². The van der Waals surface area contributed by atoms with Crippen molar-refractivity contribution < 1.29 is 14.4 Å². The van der Waals surface area contributed by atoms with Gasteiger partial charge in [0, 0.05) is 18.7 Å². The molecule has 29 heavy (non-hydrogen) atoms. The maximum atomic E-state index is 13.1. The van der Waals surface area contributed by atoms with Gasteiger partial charge < -0.3 is 10.2 Å². The first-order chi connectivity index (χ1) is 13.7. The van der Waals surface area contributed by atoms with Crippen molar-refractivity contribution in [1.29, 1.82) is 0 Å². The van der Waals surface area contributed by atoms with Crippen LogP contribution >= 0.6 is 0 Å². The molecule has 2 aliphatic heterocycles. The highest BCUT2D eigenvalue weighted by molar-refractivity contribution is 6.07. The molecule has 2 fully saturated rings. The Morgan fingerprint density at radius 1 is 1.24 bits per heavy atom. The maximum absolute atomic E-state index is 13.1. The van der Waals surface area contributed by atoms with E-state index in [9.17, 15) is 14.4 Å². The first-order valence-corrected chi connectivity index (χ1v) is 10.3. The van der Waals surface area contributed by atoms with E-state index in [4.69, 9.17) is 0 Å². The highest BCUT2D eigenvalue weighted by Gasteiger charge is 2.54. The molecule has 1 aromatic carbocycles. The van der Waals surface area contributed by atoms with Gasteiger partial charge in [0.2, 0.25) is 0 Å². The second-order valence-electron chi connectivity index (χ2n) is 8.42. The second-order valence-corrected chi connectivity index (χ2v) is 8.42. The summed E-state index contributed by atoms with van der Waals surface area (Å²) in [6.07, 6.45) is 1.93. The summed E-state index contributed by atoms with van der Waals surface area (Å²) in [4.78, 5) is 41.8. The van der Waals surface area contributed by atoms with Crippen molar-refractivity contribution in [3.05, 3.63) is 47.0 Å². The third kappa shape index (κ3) is 3.68. The summed E-state index contributed by atoms with van der Waals surface area (Å²) in [7, 11) is 0. The number of hydrogen-bond acceptors (Lipinski definition) is 3. The minimum absolute atomic E-state index is 0.0155. The molecule has 0 spiro atoms. The summed E-state index contributed by atoms with van der Waals surface area (Å²) >= 11 is 0. The SMILES string of the molecule is C=C(C)CN1C(=O)N[C@@](CC)(C2CCN(C(=O)c3cccc(C)c3C)CC2)C1=O. The van der Waals surface area contributed by atoms with Gasteiger partial charge in [0.05, 0.1) is 6.54 Å². The van der Waals surface area contributed by atoms with Gasteiger partial charge in [-0.15, -0.1) is 0 Å². The molecule has 6 heteroatoms. The van der Waals surface area contributed by atoms with Gasteiger partial charge in [-0.05, 0) is 63.1 Å². The van der Waals surface area contributed by atoms with Crippen LogP contribution in [0, 0.1) is 19.8 Å². The molecule has 0 aliphatic carbocycles. The Labute approximate surface area is 172 Å². The zero-order valence-corrected chi connectivity index (χ0v) is 17.9. The molecular weight excluding hydrogens is 366 g/mol. The van der Waals surface area contributed by atoms with Crippen molar-refractivity contribution >= 4 is 17.8 Å². The Morgan fingerprint density at radius 3 is 2.48 bits per heavy atom. The van der Waals surface area contributed by atoms with E-state index in [1.165, 1.54) is 4.90 Å². The Hall–Kier alpha value is -2.63. The fourth-order valence-electron chi connectivity index (χ4n) is 4.59. The number of nitrogens with one attached hydrogen (secondary N) is 1. The van der Waals surface area contributed by atoms with Crippen molar-refractivity contribution in [3.8, 4) is 0 Å². The van der Waals surface area contributed by atoms with Crippen LogP contribution in [0.25, 0.3) is 0 Å². The number of amides is 4. The van der Waals surface area contributed by atoms with Crippen LogP contribution in [0.3, 0.4) is 0 Å². The molecule has 0 radical (unpaired) electrons. The van der Waals surface area contributed by atoms with Crippen LogP contribution in [0.1, 0.15) is 54.6 Å². The van der Waals surface area contributed by atoms with Crippen molar-refractivity contribution in [3.63, 3.8) is 0 Å². The predicted octanol–water partition coefficient (Wildman–Crippen LogP) is 3.43. The molecule has 4 amide bonds. The molecule has 6 nitrogen and oxygen atoms in total. The van der Waals surface area contributed by atoms with Gasteiger partial charge in [0.15, 0.2) is 0 Å². The van der Waals surface area contributed by atoms with Crippen molar-refractivity contribution in [2.75, 3.05) is 19.6 Å². The lowest BCUT2D eigenvalue weighted by Gasteiger charge is -2.40. The molecule has 3 rings (SSSR count). The van der Waals surface area contributed by atoms with Crippen LogP contribution in [-0.2, 0) is 4.79 Å². The van der Waals surface area contributed by atoms with Crippen molar-refractivity contribution in [1.82, 2.24) is 15.1 Å². The summed E-state index contributed by atoms with van der Waals surface area (Å²) in [6, 6.07) is 5.46. The van der Waals surface area contributed by atoms with Gasteiger partial charge in [-0.25, -0.2) is 4.79 Å². The first-order valence-electron chi connectivity index (χ1n) is 10.3. The number of aryl methyl sites for hydroxylation is 1. The molecule has 2 heterocycles. The number of carbonyl (C=O) groups is 3. The molecule has 1 atom stereocenters. The van der Waals surface area contributed by atoms with Gasteiger partial charge in [0.25, 0.3) is 11.8 Å². The van der Waals surface area contributed by atoms with Gasteiger partial charge in [0.1, 0.15) is 5.54 Å². The van der Waals surface area contributed by atoms with Crippen LogP contribution in [-0.4, -0.2) is 52.8 Å². The maximum Gasteiger partial charge on any atom is 0.325 e. The second kappa shape index (κ2) is 8.01. The van der Waals surface area contributed by atoms with E-state index in [2.05, 4.69) is 11.9 Å². The molecule has 0 saturated carbocycles. The number of imide groups is 1. The molecule has 0 bridgehead atoms. The summed E-state index contributed by atoms with van der Waals surface area (Å²) in [5, 5.41) is 2.98. The van der Waals surface area contributed by atoms with E-state index in [-0.39, 0.29) is 30.3 Å². The molecule has 1 aromatic rings. The number of rotatable bonds is 5. The standard InChI is InChI=1S/C23H31N3O3/c1-6-23(21(28)26(14-15(2)3)22(29)24-23)18-10-12-25(13-11-18)20(27)19-9-7-8-16(4)17(19)5/h7-9,18H,2,6,10-14H2,1,3-5H3,(H,24,29)/t23-/m0/s1. The van der Waals surface area contributed by atoms with E-state index < -0.39 is 5.54 Å². The number of nitrogens with zero attached hydrogens (tertiary/aromatic N) is 2. The molecule has 0 unspecified atom stereocenters. The third-order valence-corrected chi connectivity index (χ3v) is 6.50. The summed E-state index contributed by atoms with van der Waals surface area (Å²) in [5.41, 5.74) is 2.76. The fourth-order valence-corrected chi connectivity index (χ4v) is 4.59. The van der Waals surface area contributed by atoms with Gasteiger partial charge >= 0.3 is 6.03 Å². The van der Waals surface area contributed by atoms with E-state index in [1.54, 1.807) is 0 Å². The zero-order valence-electron chi connectivity index (χ0n) is 17.9. The third-order valence-electron chi connectivity index (χ3n) is 6.50. The number of benzene rings is 1. The summed E-state index contributed by atoms with van der Waals surface area (Å²) in [6.45, 7) is 13.0. The Bertz CT molecular complexity index is 855. The number of likely N-dealkylation sites (tertiary alicyclic amines) is 1. The fraction of sp³-hybridized carbons (Fsp3) is 0.522. The van der Waals surface area contributed by atoms with Crippen molar-refractivity contribution in [2.24, 2.45) is 5.92 Å². The molecular formula is C23H31N3O3. The Balaban J connectivity index is 1.73. The number of carbonyl (C=O) groups excluding carboxylic acids is 3. The smallest absolute Gasteiger partial charge is 0.325 e. The molecule has 2 aliphatic rings. The quantitative estimate of drug-likeness (QED) is 0.611. The number of piperidine rings is 1. The lowest BCUT2D eigenvalue weighted by atomic mass is 9.75. The monoisotopic (exact) mass is 397 g/mol. The van der Waals surface area contributed by atoms with Crippen molar-refractivity contribution in [2.45, 2.75) is 52.5 Å². The van der Waals surface area contributed by atoms with Crippen LogP contribution in [0.5, 0.6) is 0 Å². The minimum Gasteiger partial charge on any atom is -0.339 e. The highest BCUT2D eigenvalue weighted by Crippen LogP contribution is 2.36. The minimum atomic E-state index is -0.874. The van der Waals surface area contributed by atoms with Gasteiger partial charge in [-0.3, -0.25) is 14.5 Å². The molecule has 156 valence electrons. The van der Waals surface area contributed by atoms with Gasteiger partial charge in [-0.1, -0.05) is 31.2 Å². The average molecular weight is 398 g/mol. The van der Waals surface area contributed by atoms with E-state index in [1.807, 2.05) is 50.8 Å². The molecule has 0 aromatic heterocycles. The van der Waals surface area contributed by atoms with E-state index >= 15 is 0 Å². The van der Waals surface area contributed by atoms with Crippen LogP contribution < -0.4 is 5.32 Å².